The molecule has 0 aromatic heterocycles. The van der Waals surface area contributed by atoms with Crippen LogP contribution in [0.5, 0.6) is 5.75 Å². The van der Waals surface area contributed by atoms with E-state index in [2.05, 4.69) is 5.32 Å². The molecule has 5 heteroatoms. The van der Waals surface area contributed by atoms with Crippen LogP contribution in [0.25, 0.3) is 6.08 Å². The third-order valence-electron chi connectivity index (χ3n) is 3.15. The van der Waals surface area contributed by atoms with E-state index in [1.807, 2.05) is 36.4 Å². The van der Waals surface area contributed by atoms with Gasteiger partial charge in [-0.25, -0.2) is 0 Å². The Kier molecular flexibility index (Phi) is 5.79. The number of hydrogen-bond donors (Lipinski definition) is 1. The van der Waals surface area contributed by atoms with Crippen LogP contribution in [0.4, 0.5) is 0 Å². The topological polar surface area (TPSA) is 62.1 Å². The fraction of sp³-hybridized carbons (Fsp3) is 0.111. The number of methoxy groups -OCH3 is 1. The van der Waals surface area contributed by atoms with E-state index in [9.17, 15) is 10.1 Å². The van der Waals surface area contributed by atoms with Gasteiger partial charge in [0.05, 0.1) is 12.1 Å². The number of halogens is 1. The molecule has 0 heterocycles. The minimum absolute atomic E-state index is 0.0159. The van der Waals surface area contributed by atoms with E-state index in [0.717, 1.165) is 5.56 Å². The fourth-order valence-corrected chi connectivity index (χ4v) is 2.23. The van der Waals surface area contributed by atoms with Gasteiger partial charge in [-0.1, -0.05) is 48.0 Å². The summed E-state index contributed by atoms with van der Waals surface area (Å²) in [6.07, 6.45) is 1.49. The number of nitriles is 1. The van der Waals surface area contributed by atoms with Crippen LogP contribution in [-0.4, -0.2) is 13.0 Å². The molecule has 0 unspecified atom stereocenters. The minimum Gasteiger partial charge on any atom is -0.495 e. The molecule has 116 valence electrons. The van der Waals surface area contributed by atoms with Gasteiger partial charge in [0.2, 0.25) is 0 Å². The van der Waals surface area contributed by atoms with Crippen molar-refractivity contribution in [2.24, 2.45) is 0 Å². The van der Waals surface area contributed by atoms with Crippen LogP contribution in [0.15, 0.2) is 54.1 Å². The summed E-state index contributed by atoms with van der Waals surface area (Å²) < 4.78 is 5.07. The van der Waals surface area contributed by atoms with Gasteiger partial charge in [-0.2, -0.15) is 5.26 Å². The van der Waals surface area contributed by atoms with Gasteiger partial charge in [0.1, 0.15) is 17.4 Å². The smallest absolute Gasteiger partial charge is 0.262 e. The Hall–Kier alpha value is -2.77. The Morgan fingerprint density at radius 2 is 2.04 bits per heavy atom. The zero-order valence-electron chi connectivity index (χ0n) is 12.5. The molecular formula is C18H15ClN2O2. The summed E-state index contributed by atoms with van der Waals surface area (Å²) >= 11 is 6.04. The molecule has 0 radical (unpaired) electrons. The normalized spacial score (nSPS) is 10.7. The molecule has 1 amide bonds. The lowest BCUT2D eigenvalue weighted by Crippen LogP contribution is -2.23. The molecule has 0 spiro atoms. The van der Waals surface area contributed by atoms with Crippen molar-refractivity contribution in [3.63, 3.8) is 0 Å². The van der Waals surface area contributed by atoms with Crippen LogP contribution in [0.3, 0.4) is 0 Å². The highest BCUT2D eigenvalue weighted by Crippen LogP contribution is 2.25. The van der Waals surface area contributed by atoms with Crippen LogP contribution in [0.2, 0.25) is 5.02 Å². The maximum atomic E-state index is 12.1. The Balaban J connectivity index is 2.10. The van der Waals surface area contributed by atoms with E-state index >= 15 is 0 Å². The Morgan fingerprint density at radius 3 is 2.65 bits per heavy atom. The molecule has 4 nitrogen and oxygen atoms in total. The monoisotopic (exact) mass is 326 g/mol. The summed E-state index contributed by atoms with van der Waals surface area (Å²) in [5, 5.41) is 12.3. The van der Waals surface area contributed by atoms with Gasteiger partial charge < -0.3 is 10.1 Å². The number of ether oxygens (including phenoxy) is 1. The van der Waals surface area contributed by atoms with E-state index in [0.29, 0.717) is 22.9 Å². The van der Waals surface area contributed by atoms with E-state index in [-0.39, 0.29) is 5.57 Å². The first-order chi connectivity index (χ1) is 11.1. The number of amides is 1. The first kappa shape index (κ1) is 16.6. The molecule has 0 bridgehead atoms. The van der Waals surface area contributed by atoms with E-state index < -0.39 is 5.91 Å². The Bertz CT molecular complexity index is 764. The van der Waals surface area contributed by atoms with Crippen molar-refractivity contribution in [1.82, 2.24) is 5.32 Å². The molecule has 0 saturated heterocycles. The van der Waals surface area contributed by atoms with Gasteiger partial charge in [-0.05, 0) is 29.3 Å². The van der Waals surface area contributed by atoms with Crippen LogP contribution in [0, 0.1) is 11.3 Å². The third-order valence-corrected chi connectivity index (χ3v) is 3.44. The van der Waals surface area contributed by atoms with Crippen LogP contribution in [-0.2, 0) is 11.3 Å². The first-order valence-electron chi connectivity index (χ1n) is 6.91. The minimum atomic E-state index is -0.428. The number of rotatable bonds is 5. The van der Waals surface area contributed by atoms with Gasteiger partial charge >= 0.3 is 0 Å². The Labute approximate surface area is 140 Å². The Morgan fingerprint density at radius 1 is 1.30 bits per heavy atom. The van der Waals surface area contributed by atoms with Crippen LogP contribution in [0.1, 0.15) is 11.1 Å². The lowest BCUT2D eigenvalue weighted by atomic mass is 10.1. The summed E-state index contributed by atoms with van der Waals surface area (Å²) in [4.78, 5) is 12.1. The van der Waals surface area contributed by atoms with E-state index in [4.69, 9.17) is 16.3 Å². The number of benzene rings is 2. The van der Waals surface area contributed by atoms with Crippen molar-refractivity contribution in [2.45, 2.75) is 6.54 Å². The molecule has 0 aliphatic carbocycles. The predicted octanol–water partition coefficient (Wildman–Crippen LogP) is 3.57. The van der Waals surface area contributed by atoms with Gasteiger partial charge in [0.25, 0.3) is 5.91 Å². The molecule has 2 rings (SSSR count). The summed E-state index contributed by atoms with van der Waals surface area (Å²) in [7, 11) is 1.52. The summed E-state index contributed by atoms with van der Waals surface area (Å²) in [6, 6.07) is 16.5. The summed E-state index contributed by atoms with van der Waals surface area (Å²) in [5.74, 6) is 0.110. The highest BCUT2D eigenvalue weighted by molar-refractivity contribution is 6.32. The van der Waals surface area contributed by atoms with Gasteiger partial charge in [-0.3, -0.25) is 4.79 Å². The SMILES string of the molecule is COc1ccc(/C=C(\C#N)C(=O)NCc2ccccc2)cc1Cl. The van der Waals surface area contributed by atoms with Gasteiger partial charge in [0.15, 0.2) is 0 Å². The molecule has 0 fully saturated rings. The van der Waals surface area contributed by atoms with Crippen molar-refractivity contribution in [2.75, 3.05) is 7.11 Å². The number of carbonyl (C=O) groups excluding carboxylic acids is 1. The number of carbonyl (C=O) groups is 1. The number of nitrogens with zero attached hydrogens (tertiary/aromatic N) is 1. The lowest BCUT2D eigenvalue weighted by molar-refractivity contribution is -0.117. The van der Waals surface area contributed by atoms with Crippen molar-refractivity contribution >= 4 is 23.6 Å². The van der Waals surface area contributed by atoms with E-state index in [1.54, 1.807) is 18.2 Å². The maximum Gasteiger partial charge on any atom is 0.262 e. The quantitative estimate of drug-likeness (QED) is 0.675. The number of hydrogen-bond acceptors (Lipinski definition) is 3. The molecule has 2 aromatic rings. The fourth-order valence-electron chi connectivity index (χ4n) is 1.96. The highest BCUT2D eigenvalue weighted by Gasteiger charge is 2.09. The van der Waals surface area contributed by atoms with Gasteiger partial charge in [0, 0.05) is 6.54 Å². The van der Waals surface area contributed by atoms with Crippen LogP contribution >= 0.6 is 11.6 Å². The molecule has 0 aliphatic heterocycles. The lowest BCUT2D eigenvalue weighted by Gasteiger charge is -2.05. The standard InChI is InChI=1S/C18H15ClN2O2/c1-23-17-8-7-14(10-16(17)19)9-15(11-20)18(22)21-12-13-5-3-2-4-6-13/h2-10H,12H2,1H3,(H,21,22)/b15-9+. The first-order valence-corrected chi connectivity index (χ1v) is 7.29. The molecule has 1 N–H and O–H groups in total. The van der Waals surface area contributed by atoms with E-state index in [1.165, 1.54) is 13.2 Å². The second-order valence-electron chi connectivity index (χ2n) is 4.73. The summed E-state index contributed by atoms with van der Waals surface area (Å²) in [6.45, 7) is 0.363. The molecule has 2 aromatic carbocycles. The van der Waals surface area contributed by atoms with Crippen LogP contribution < -0.4 is 10.1 Å². The van der Waals surface area contributed by atoms with Crippen molar-refractivity contribution < 1.29 is 9.53 Å². The molecular weight excluding hydrogens is 312 g/mol. The van der Waals surface area contributed by atoms with Crippen molar-refractivity contribution in [3.05, 3.63) is 70.3 Å². The average molecular weight is 327 g/mol. The molecule has 23 heavy (non-hydrogen) atoms. The number of nitrogens with one attached hydrogen (secondary N) is 1. The highest BCUT2D eigenvalue weighted by atomic mass is 35.5. The maximum absolute atomic E-state index is 12.1. The van der Waals surface area contributed by atoms with Gasteiger partial charge in [-0.15, -0.1) is 0 Å². The molecule has 0 atom stereocenters. The second kappa shape index (κ2) is 8.02. The molecule has 0 aliphatic rings. The third kappa shape index (κ3) is 4.60. The molecule has 0 saturated carbocycles. The zero-order valence-corrected chi connectivity index (χ0v) is 13.3. The van der Waals surface area contributed by atoms with Crippen molar-refractivity contribution in [1.29, 1.82) is 5.26 Å². The predicted molar refractivity (Wildman–Crippen MR) is 89.9 cm³/mol. The second-order valence-corrected chi connectivity index (χ2v) is 5.14. The van der Waals surface area contributed by atoms with Crippen molar-refractivity contribution in [3.8, 4) is 11.8 Å². The largest absolute Gasteiger partial charge is 0.495 e. The average Bonchev–Trinajstić information content (AvgIpc) is 2.58. The zero-order chi connectivity index (χ0) is 16.7. The summed E-state index contributed by atoms with van der Waals surface area (Å²) in [5.41, 5.74) is 1.63.